The molecule has 0 bridgehead atoms. The molecule has 0 unspecified atom stereocenters. The van der Waals surface area contributed by atoms with Gasteiger partial charge >= 0.3 is 0 Å². The van der Waals surface area contributed by atoms with Crippen LogP contribution in [0.15, 0.2) is 12.1 Å². The zero-order chi connectivity index (χ0) is 10.7. The fourth-order valence-electron chi connectivity index (χ4n) is 1.14. The van der Waals surface area contributed by atoms with Crippen molar-refractivity contribution in [3.8, 4) is 5.75 Å². The van der Waals surface area contributed by atoms with Crippen LogP contribution < -0.4 is 4.74 Å². The van der Waals surface area contributed by atoms with Crippen molar-refractivity contribution in [2.24, 2.45) is 0 Å². The number of carbonyl (C=O) groups excluding carboxylic acids is 1. The summed E-state index contributed by atoms with van der Waals surface area (Å²) in [6.07, 6.45) is -0.0120. The minimum Gasteiger partial charge on any atom is -0.494 e. The first-order chi connectivity index (χ1) is 6.56. The standard InChI is InChI=1S/C10H10ClFO2/c1-6(13)5-7-8(11)3-4-9(14-2)10(7)12/h3-4H,5H2,1-2H3. The molecular weight excluding hydrogens is 207 g/mol. The lowest BCUT2D eigenvalue weighted by atomic mass is 10.1. The van der Waals surface area contributed by atoms with Gasteiger partial charge in [0.25, 0.3) is 0 Å². The average molecular weight is 217 g/mol. The quantitative estimate of drug-likeness (QED) is 0.777. The molecule has 1 rings (SSSR count). The van der Waals surface area contributed by atoms with Crippen LogP contribution in [-0.4, -0.2) is 12.9 Å². The van der Waals surface area contributed by atoms with Crippen molar-refractivity contribution in [3.05, 3.63) is 28.5 Å². The molecule has 14 heavy (non-hydrogen) atoms. The third kappa shape index (κ3) is 2.23. The van der Waals surface area contributed by atoms with Gasteiger partial charge in [0.15, 0.2) is 11.6 Å². The van der Waals surface area contributed by atoms with Crippen LogP contribution >= 0.6 is 11.6 Å². The van der Waals surface area contributed by atoms with Gasteiger partial charge in [0, 0.05) is 17.0 Å². The minimum atomic E-state index is -0.560. The molecule has 0 fully saturated rings. The van der Waals surface area contributed by atoms with Crippen LogP contribution in [0.25, 0.3) is 0 Å². The van der Waals surface area contributed by atoms with E-state index in [1.165, 1.54) is 26.2 Å². The smallest absolute Gasteiger partial charge is 0.170 e. The van der Waals surface area contributed by atoms with Crippen molar-refractivity contribution in [3.63, 3.8) is 0 Å². The molecule has 0 atom stereocenters. The summed E-state index contributed by atoms with van der Waals surface area (Å²) in [5, 5.41) is 0.249. The summed E-state index contributed by atoms with van der Waals surface area (Å²) in [4.78, 5) is 10.9. The Balaban J connectivity index is 3.18. The van der Waals surface area contributed by atoms with Gasteiger partial charge in [-0.05, 0) is 19.1 Å². The van der Waals surface area contributed by atoms with Crippen LogP contribution in [0.2, 0.25) is 5.02 Å². The van der Waals surface area contributed by atoms with Crippen molar-refractivity contribution < 1.29 is 13.9 Å². The zero-order valence-electron chi connectivity index (χ0n) is 7.93. The van der Waals surface area contributed by atoms with Gasteiger partial charge in [0.1, 0.15) is 5.78 Å². The lowest BCUT2D eigenvalue weighted by molar-refractivity contribution is -0.116. The van der Waals surface area contributed by atoms with E-state index in [1.807, 2.05) is 0 Å². The fourth-order valence-corrected chi connectivity index (χ4v) is 1.36. The SMILES string of the molecule is COc1ccc(Cl)c(CC(C)=O)c1F. The van der Waals surface area contributed by atoms with Crippen molar-refractivity contribution in [1.82, 2.24) is 0 Å². The second kappa shape index (κ2) is 4.42. The van der Waals surface area contributed by atoms with Gasteiger partial charge < -0.3 is 4.74 Å². The topological polar surface area (TPSA) is 26.3 Å². The molecule has 0 saturated heterocycles. The maximum absolute atomic E-state index is 13.5. The molecule has 0 spiro atoms. The predicted octanol–water partition coefficient (Wildman–Crippen LogP) is 2.62. The number of carbonyl (C=O) groups is 1. The summed E-state index contributed by atoms with van der Waals surface area (Å²) in [5.74, 6) is -0.597. The second-order valence-corrected chi connectivity index (χ2v) is 3.33. The highest BCUT2D eigenvalue weighted by atomic mass is 35.5. The third-order valence-electron chi connectivity index (χ3n) is 1.80. The normalized spacial score (nSPS) is 10.0. The van der Waals surface area contributed by atoms with Crippen LogP contribution in [0, 0.1) is 5.82 Å². The van der Waals surface area contributed by atoms with E-state index in [-0.39, 0.29) is 28.5 Å². The number of Topliss-reactive ketones (excluding diaryl/α,β-unsaturated/α-hetero) is 1. The summed E-state index contributed by atoms with van der Waals surface area (Å²) >= 11 is 5.75. The summed E-state index contributed by atoms with van der Waals surface area (Å²) < 4.78 is 18.3. The Bertz CT molecular complexity index is 363. The van der Waals surface area contributed by atoms with E-state index in [2.05, 4.69) is 0 Å². The van der Waals surface area contributed by atoms with Gasteiger partial charge in [-0.2, -0.15) is 0 Å². The highest BCUT2D eigenvalue weighted by molar-refractivity contribution is 6.31. The first kappa shape index (κ1) is 11.0. The molecule has 0 heterocycles. The average Bonchev–Trinajstić information content (AvgIpc) is 2.12. The number of ether oxygens (including phenoxy) is 1. The molecule has 0 radical (unpaired) electrons. The van der Waals surface area contributed by atoms with E-state index in [0.29, 0.717) is 0 Å². The number of rotatable bonds is 3. The van der Waals surface area contributed by atoms with E-state index in [1.54, 1.807) is 0 Å². The van der Waals surface area contributed by atoms with Gasteiger partial charge in [0.05, 0.1) is 7.11 Å². The van der Waals surface area contributed by atoms with Crippen molar-refractivity contribution >= 4 is 17.4 Å². The Morgan fingerprint density at radius 2 is 2.21 bits per heavy atom. The van der Waals surface area contributed by atoms with E-state index < -0.39 is 5.82 Å². The van der Waals surface area contributed by atoms with Gasteiger partial charge in [-0.25, -0.2) is 4.39 Å². The minimum absolute atomic E-state index is 0.0120. The molecule has 0 amide bonds. The molecule has 1 aromatic rings. The van der Waals surface area contributed by atoms with Crippen molar-refractivity contribution in [1.29, 1.82) is 0 Å². The maximum atomic E-state index is 13.5. The zero-order valence-corrected chi connectivity index (χ0v) is 8.69. The largest absolute Gasteiger partial charge is 0.494 e. The van der Waals surface area contributed by atoms with Crippen LogP contribution in [0.1, 0.15) is 12.5 Å². The Labute approximate surface area is 86.6 Å². The van der Waals surface area contributed by atoms with Crippen LogP contribution in [0.5, 0.6) is 5.75 Å². The third-order valence-corrected chi connectivity index (χ3v) is 2.15. The molecule has 0 aliphatic rings. The Hall–Kier alpha value is -1.09. The summed E-state index contributed by atoms with van der Waals surface area (Å²) in [5.41, 5.74) is 0.193. The van der Waals surface area contributed by atoms with Crippen molar-refractivity contribution in [2.75, 3.05) is 7.11 Å². The monoisotopic (exact) mass is 216 g/mol. The van der Waals surface area contributed by atoms with Crippen LogP contribution in [0.3, 0.4) is 0 Å². The number of hydrogen-bond acceptors (Lipinski definition) is 2. The van der Waals surface area contributed by atoms with E-state index in [9.17, 15) is 9.18 Å². The molecule has 76 valence electrons. The summed E-state index contributed by atoms with van der Waals surface area (Å²) in [7, 11) is 1.36. The van der Waals surface area contributed by atoms with E-state index >= 15 is 0 Å². The molecule has 0 aromatic heterocycles. The Morgan fingerprint density at radius 1 is 1.57 bits per heavy atom. The number of benzene rings is 1. The lowest BCUT2D eigenvalue weighted by Gasteiger charge is -2.07. The van der Waals surface area contributed by atoms with Crippen molar-refractivity contribution in [2.45, 2.75) is 13.3 Å². The highest BCUT2D eigenvalue weighted by Gasteiger charge is 2.14. The maximum Gasteiger partial charge on any atom is 0.170 e. The number of hydrogen-bond donors (Lipinski definition) is 0. The van der Waals surface area contributed by atoms with Crippen LogP contribution in [-0.2, 0) is 11.2 Å². The van der Waals surface area contributed by atoms with E-state index in [0.717, 1.165) is 0 Å². The molecule has 1 aromatic carbocycles. The Morgan fingerprint density at radius 3 is 2.71 bits per heavy atom. The lowest BCUT2D eigenvalue weighted by Crippen LogP contribution is -2.02. The molecule has 0 aliphatic carbocycles. The van der Waals surface area contributed by atoms with Crippen LogP contribution in [0.4, 0.5) is 4.39 Å². The number of ketones is 1. The van der Waals surface area contributed by atoms with E-state index in [4.69, 9.17) is 16.3 Å². The van der Waals surface area contributed by atoms with Gasteiger partial charge in [0.2, 0.25) is 0 Å². The Kier molecular flexibility index (Phi) is 3.47. The van der Waals surface area contributed by atoms with Gasteiger partial charge in [-0.15, -0.1) is 0 Å². The fraction of sp³-hybridized carbons (Fsp3) is 0.300. The molecule has 0 saturated carbocycles. The molecule has 2 nitrogen and oxygen atoms in total. The summed E-state index contributed by atoms with van der Waals surface area (Å²) in [6, 6.07) is 2.95. The van der Waals surface area contributed by atoms with Gasteiger partial charge in [-0.3, -0.25) is 4.79 Å². The second-order valence-electron chi connectivity index (χ2n) is 2.92. The molecule has 0 aliphatic heterocycles. The first-order valence-corrected chi connectivity index (χ1v) is 4.44. The number of methoxy groups -OCH3 is 1. The highest BCUT2D eigenvalue weighted by Crippen LogP contribution is 2.27. The molecule has 0 N–H and O–H groups in total. The molecule has 4 heteroatoms. The first-order valence-electron chi connectivity index (χ1n) is 4.06. The number of halogens is 2. The molecular formula is C10H10ClFO2. The predicted molar refractivity (Wildman–Crippen MR) is 52.3 cm³/mol. The van der Waals surface area contributed by atoms with Gasteiger partial charge in [-0.1, -0.05) is 11.6 Å². The summed E-state index contributed by atoms with van der Waals surface area (Å²) in [6.45, 7) is 1.38.